The van der Waals surface area contributed by atoms with Gasteiger partial charge in [-0.05, 0) is 6.07 Å². The number of benzene rings is 1. The van der Waals surface area contributed by atoms with Crippen molar-refractivity contribution in [2.75, 3.05) is 13.2 Å². The lowest BCUT2D eigenvalue weighted by atomic mass is 10.2. The molecule has 1 rings (SSSR count). The third-order valence-corrected chi connectivity index (χ3v) is 3.52. The molecule has 1 aromatic rings. The molecule has 0 aromatic heterocycles. The number of hydrogen-bond donors (Lipinski definition) is 2. The lowest BCUT2D eigenvalue weighted by molar-refractivity contribution is -0.121. The number of halogens is 5. The lowest BCUT2D eigenvalue weighted by Crippen LogP contribution is -2.34. The fourth-order valence-corrected chi connectivity index (χ4v) is 2.52. The Bertz CT molecular complexity index is 688. The van der Waals surface area contributed by atoms with E-state index in [0.717, 1.165) is 4.72 Å². The summed E-state index contributed by atoms with van der Waals surface area (Å²) >= 11 is 0. The van der Waals surface area contributed by atoms with Crippen LogP contribution in [0.2, 0.25) is 0 Å². The van der Waals surface area contributed by atoms with E-state index in [1.807, 2.05) is 11.8 Å². The Hall–Kier alpha value is -1.70. The second-order valence-electron chi connectivity index (χ2n) is 3.66. The Kier molecular flexibility index (Phi) is 5.27. The van der Waals surface area contributed by atoms with E-state index in [2.05, 4.69) is 0 Å². The van der Waals surface area contributed by atoms with Crippen LogP contribution in [0.25, 0.3) is 0 Å². The van der Waals surface area contributed by atoms with Crippen LogP contribution < -0.4 is 4.72 Å². The molecule has 0 radical (unpaired) electrons. The Morgan fingerprint density at radius 2 is 1.86 bits per heavy atom. The summed E-state index contributed by atoms with van der Waals surface area (Å²) in [6, 6.07) is 0.736. The van der Waals surface area contributed by atoms with E-state index in [-0.39, 0.29) is 6.07 Å². The van der Waals surface area contributed by atoms with Gasteiger partial charge in [-0.3, -0.25) is 0 Å². The molecular weight excluding hydrogens is 321 g/mol. The highest BCUT2D eigenvalue weighted by Crippen LogP contribution is 2.22. The third kappa shape index (κ3) is 4.96. The van der Waals surface area contributed by atoms with E-state index in [1.165, 1.54) is 0 Å². The normalized spacial score (nSPS) is 11.9. The summed E-state index contributed by atoms with van der Waals surface area (Å²) in [5.41, 5.74) is -0.698. The summed E-state index contributed by atoms with van der Waals surface area (Å²) in [5.74, 6) is 1.18. The summed E-state index contributed by atoms with van der Waals surface area (Å²) in [4.78, 5) is -1.21. The molecule has 0 atom stereocenters. The first-order valence-corrected chi connectivity index (χ1v) is 6.70. The Morgan fingerprint density at radius 1 is 1.24 bits per heavy atom. The zero-order valence-corrected chi connectivity index (χ0v) is 10.9. The van der Waals surface area contributed by atoms with E-state index in [0.29, 0.717) is 6.07 Å². The summed E-state index contributed by atoms with van der Waals surface area (Å²) < 4.78 is 87.2. The van der Waals surface area contributed by atoms with Crippen molar-refractivity contribution >= 4 is 10.0 Å². The molecule has 0 unspecified atom stereocenters. The summed E-state index contributed by atoms with van der Waals surface area (Å²) in [7, 11) is -4.90. The molecule has 0 saturated carbocycles. The summed E-state index contributed by atoms with van der Waals surface area (Å²) in [6.07, 6.45) is -4.85. The topological polar surface area (TPSA) is 66.4 Å². The van der Waals surface area contributed by atoms with Crippen molar-refractivity contribution < 1.29 is 35.5 Å². The largest absolute Gasteiger partial charge is 0.402 e. The highest BCUT2D eigenvalue weighted by Gasteiger charge is 2.32. The van der Waals surface area contributed by atoms with E-state index in [1.54, 1.807) is 0 Å². The minimum atomic E-state index is -4.90. The maximum atomic E-state index is 13.6. The second kappa shape index (κ2) is 6.38. The zero-order chi connectivity index (χ0) is 16.3. The van der Waals surface area contributed by atoms with Crippen LogP contribution in [-0.2, 0) is 10.0 Å². The standard InChI is InChI=1S/C11H8F5NO3S/c12-8-4-7(2-1-3-18)10(9(13)5-8)21(19,20)17-6-11(14,15)16/h4-5,17-18H,3,6H2. The number of aliphatic hydroxyl groups excluding tert-OH is 1. The van der Waals surface area contributed by atoms with Crippen LogP contribution in [0.15, 0.2) is 17.0 Å². The van der Waals surface area contributed by atoms with Gasteiger partial charge in [-0.15, -0.1) is 0 Å². The van der Waals surface area contributed by atoms with Crippen LogP contribution in [0.3, 0.4) is 0 Å². The van der Waals surface area contributed by atoms with Crippen molar-refractivity contribution in [3.8, 4) is 11.8 Å². The zero-order valence-electron chi connectivity index (χ0n) is 10.1. The number of sulfonamides is 1. The van der Waals surface area contributed by atoms with Crippen LogP contribution in [0.4, 0.5) is 22.0 Å². The summed E-state index contributed by atoms with van der Waals surface area (Å²) in [6.45, 7) is -2.65. The minimum Gasteiger partial charge on any atom is -0.384 e. The Morgan fingerprint density at radius 3 is 2.38 bits per heavy atom. The Balaban J connectivity index is 3.34. The molecule has 116 valence electrons. The van der Waals surface area contributed by atoms with Gasteiger partial charge in [-0.2, -0.15) is 13.2 Å². The predicted molar refractivity (Wildman–Crippen MR) is 61.6 cm³/mol. The van der Waals surface area contributed by atoms with Gasteiger partial charge < -0.3 is 5.11 Å². The molecule has 4 nitrogen and oxygen atoms in total. The number of hydrogen-bond acceptors (Lipinski definition) is 3. The van der Waals surface area contributed by atoms with Crippen LogP contribution in [0.5, 0.6) is 0 Å². The quantitative estimate of drug-likeness (QED) is 0.646. The SMILES string of the molecule is O=S(=O)(NCC(F)(F)F)c1c(F)cc(F)cc1C#CCO. The molecule has 0 amide bonds. The van der Waals surface area contributed by atoms with Gasteiger partial charge >= 0.3 is 6.18 Å². The highest BCUT2D eigenvalue weighted by atomic mass is 32.2. The molecule has 21 heavy (non-hydrogen) atoms. The monoisotopic (exact) mass is 329 g/mol. The van der Waals surface area contributed by atoms with E-state index in [4.69, 9.17) is 5.11 Å². The number of alkyl halides is 3. The number of nitrogens with one attached hydrogen (secondary N) is 1. The van der Waals surface area contributed by atoms with Crippen LogP contribution in [0.1, 0.15) is 5.56 Å². The van der Waals surface area contributed by atoms with Crippen LogP contribution in [0, 0.1) is 23.5 Å². The van der Waals surface area contributed by atoms with Gasteiger partial charge in [0.2, 0.25) is 10.0 Å². The van der Waals surface area contributed by atoms with Crippen molar-refractivity contribution in [2.24, 2.45) is 0 Å². The van der Waals surface area contributed by atoms with Crippen molar-refractivity contribution in [1.82, 2.24) is 4.72 Å². The number of aliphatic hydroxyl groups is 1. The lowest BCUT2D eigenvalue weighted by Gasteiger charge is -2.11. The molecule has 0 aliphatic heterocycles. The first-order chi connectivity index (χ1) is 9.57. The van der Waals surface area contributed by atoms with Crippen molar-refractivity contribution in [2.45, 2.75) is 11.1 Å². The highest BCUT2D eigenvalue weighted by molar-refractivity contribution is 7.89. The van der Waals surface area contributed by atoms with Crippen molar-refractivity contribution in [3.05, 3.63) is 29.3 Å². The molecule has 1 aromatic carbocycles. The molecule has 0 saturated heterocycles. The second-order valence-corrected chi connectivity index (χ2v) is 5.37. The average molecular weight is 329 g/mol. The molecule has 0 fully saturated rings. The maximum absolute atomic E-state index is 13.6. The smallest absolute Gasteiger partial charge is 0.384 e. The maximum Gasteiger partial charge on any atom is 0.402 e. The fraction of sp³-hybridized carbons (Fsp3) is 0.273. The molecule has 10 heteroatoms. The molecule has 0 bridgehead atoms. The third-order valence-electron chi connectivity index (χ3n) is 2.04. The fourth-order valence-electron chi connectivity index (χ4n) is 1.31. The van der Waals surface area contributed by atoms with Gasteiger partial charge in [0.05, 0.1) is 5.56 Å². The number of rotatable bonds is 3. The first-order valence-electron chi connectivity index (χ1n) is 5.22. The summed E-state index contributed by atoms with van der Waals surface area (Å²) in [5, 5.41) is 8.49. The van der Waals surface area contributed by atoms with Crippen molar-refractivity contribution in [1.29, 1.82) is 0 Å². The van der Waals surface area contributed by atoms with Crippen LogP contribution >= 0.6 is 0 Å². The molecule has 0 spiro atoms. The first kappa shape index (κ1) is 17.4. The van der Waals surface area contributed by atoms with Gasteiger partial charge in [0.15, 0.2) is 0 Å². The van der Waals surface area contributed by atoms with Gasteiger partial charge in [0, 0.05) is 6.07 Å². The Labute approximate surface area is 116 Å². The van der Waals surface area contributed by atoms with Crippen molar-refractivity contribution in [3.63, 3.8) is 0 Å². The van der Waals surface area contributed by atoms with E-state index < -0.39 is 51.4 Å². The van der Waals surface area contributed by atoms with Crippen LogP contribution in [-0.4, -0.2) is 32.9 Å². The van der Waals surface area contributed by atoms with Gasteiger partial charge in [0.25, 0.3) is 0 Å². The molecule has 0 aliphatic carbocycles. The molecule has 2 N–H and O–H groups in total. The molecular formula is C11H8F5NO3S. The average Bonchev–Trinajstić information content (AvgIpc) is 2.32. The molecule has 0 aliphatic rings. The van der Waals surface area contributed by atoms with Gasteiger partial charge in [0.1, 0.15) is 29.7 Å². The predicted octanol–water partition coefficient (Wildman–Crippen LogP) is 1.15. The van der Waals surface area contributed by atoms with Gasteiger partial charge in [-0.25, -0.2) is 21.9 Å². The van der Waals surface area contributed by atoms with Gasteiger partial charge in [-0.1, -0.05) is 11.8 Å². The molecule has 0 heterocycles. The van der Waals surface area contributed by atoms with E-state index >= 15 is 0 Å². The minimum absolute atomic E-state index is 0.201. The van der Waals surface area contributed by atoms with E-state index in [9.17, 15) is 30.4 Å².